The van der Waals surface area contributed by atoms with E-state index >= 15 is 0 Å². The molecular formula is C26H33N3O2. The largest absolute Gasteiger partial charge is 0.444 e. The molecule has 1 aliphatic rings. The van der Waals surface area contributed by atoms with E-state index in [2.05, 4.69) is 49.7 Å². The first-order valence-corrected chi connectivity index (χ1v) is 11.1. The zero-order valence-corrected chi connectivity index (χ0v) is 19.7. The first-order valence-electron chi connectivity index (χ1n) is 11.1. The molecule has 1 aliphatic carbocycles. The van der Waals surface area contributed by atoms with Crippen molar-refractivity contribution in [3.05, 3.63) is 46.5 Å². The number of carbonyl (C=O) groups is 1. The molecule has 2 aromatic carbocycles. The lowest BCUT2D eigenvalue weighted by Crippen LogP contribution is -2.27. The van der Waals surface area contributed by atoms with Crippen molar-refractivity contribution in [1.82, 2.24) is 9.55 Å². The zero-order chi connectivity index (χ0) is 22.5. The molecule has 1 amide bonds. The number of aromatic nitrogens is 2. The lowest BCUT2D eigenvalue weighted by molar-refractivity contribution is 0.0636. The molecule has 1 aromatic heterocycles. The molecule has 31 heavy (non-hydrogen) atoms. The monoisotopic (exact) mass is 419 g/mol. The van der Waals surface area contributed by atoms with Gasteiger partial charge in [-0.15, -0.1) is 0 Å². The molecule has 1 heterocycles. The maximum Gasteiger partial charge on any atom is 0.412 e. The molecule has 0 unspecified atom stereocenters. The summed E-state index contributed by atoms with van der Waals surface area (Å²) in [4.78, 5) is 17.3. The predicted octanol–water partition coefficient (Wildman–Crippen LogP) is 7.01. The van der Waals surface area contributed by atoms with Gasteiger partial charge < -0.3 is 9.30 Å². The van der Waals surface area contributed by atoms with Crippen molar-refractivity contribution in [3.8, 4) is 11.4 Å². The van der Waals surface area contributed by atoms with Crippen LogP contribution in [0.3, 0.4) is 0 Å². The quantitative estimate of drug-likeness (QED) is 0.497. The minimum absolute atomic E-state index is 0.453. The van der Waals surface area contributed by atoms with Crippen LogP contribution in [-0.4, -0.2) is 21.2 Å². The van der Waals surface area contributed by atoms with Gasteiger partial charge in [-0.25, -0.2) is 9.78 Å². The highest BCUT2D eigenvalue weighted by Crippen LogP contribution is 2.40. The van der Waals surface area contributed by atoms with Crippen LogP contribution in [0, 0.1) is 27.7 Å². The molecule has 1 fully saturated rings. The highest BCUT2D eigenvalue weighted by molar-refractivity contribution is 5.90. The molecular weight excluding hydrogens is 386 g/mol. The van der Waals surface area contributed by atoms with E-state index in [-0.39, 0.29) is 0 Å². The first-order chi connectivity index (χ1) is 14.5. The van der Waals surface area contributed by atoms with Gasteiger partial charge in [0.05, 0.1) is 11.0 Å². The molecule has 0 spiro atoms. The first kappa shape index (κ1) is 21.4. The van der Waals surface area contributed by atoms with Crippen molar-refractivity contribution in [2.45, 2.75) is 79.4 Å². The Kier molecular flexibility index (Phi) is 5.32. The van der Waals surface area contributed by atoms with Crippen molar-refractivity contribution < 1.29 is 9.53 Å². The summed E-state index contributed by atoms with van der Waals surface area (Å²) in [5, 5.41) is 2.84. The van der Waals surface area contributed by atoms with Crippen LogP contribution >= 0.6 is 0 Å². The third-order valence-corrected chi connectivity index (χ3v) is 6.50. The van der Waals surface area contributed by atoms with Crippen molar-refractivity contribution in [2.75, 3.05) is 5.32 Å². The Morgan fingerprint density at radius 3 is 2.39 bits per heavy atom. The number of nitrogens with zero attached hydrogens (tertiary/aromatic N) is 2. The van der Waals surface area contributed by atoms with E-state index in [9.17, 15) is 4.79 Å². The summed E-state index contributed by atoms with van der Waals surface area (Å²) >= 11 is 0. The van der Waals surface area contributed by atoms with Crippen LogP contribution in [0.4, 0.5) is 10.5 Å². The van der Waals surface area contributed by atoms with Gasteiger partial charge in [-0.3, -0.25) is 5.32 Å². The highest BCUT2D eigenvalue weighted by atomic mass is 16.6. The topological polar surface area (TPSA) is 56.1 Å². The SMILES string of the molecule is Cc1cc(-c2nc3cc(NC(=O)OC(C)(C)C)ccc3n2C2CCC2)c(C)c(C)c1C. The number of nitrogens with one attached hydrogen (secondary N) is 1. The number of ether oxygens (including phenoxy) is 1. The Labute approximate surface area is 184 Å². The van der Waals surface area contributed by atoms with Crippen molar-refractivity contribution in [2.24, 2.45) is 0 Å². The van der Waals surface area contributed by atoms with Gasteiger partial charge in [-0.05, 0) is 114 Å². The van der Waals surface area contributed by atoms with E-state index in [0.29, 0.717) is 11.7 Å². The minimum atomic E-state index is -0.536. The average molecular weight is 420 g/mol. The van der Waals surface area contributed by atoms with Crippen molar-refractivity contribution in [1.29, 1.82) is 0 Å². The van der Waals surface area contributed by atoms with Gasteiger partial charge in [0.1, 0.15) is 11.4 Å². The van der Waals surface area contributed by atoms with Crippen LogP contribution in [0.1, 0.15) is 68.3 Å². The van der Waals surface area contributed by atoms with E-state index in [0.717, 1.165) is 16.9 Å². The second-order valence-corrected chi connectivity index (χ2v) is 9.84. The van der Waals surface area contributed by atoms with E-state index in [1.807, 2.05) is 32.9 Å². The Morgan fingerprint density at radius 1 is 1.06 bits per heavy atom. The van der Waals surface area contributed by atoms with Crippen LogP contribution in [0.2, 0.25) is 0 Å². The number of anilines is 1. The lowest BCUT2D eigenvalue weighted by atomic mass is 9.91. The zero-order valence-electron chi connectivity index (χ0n) is 19.7. The Balaban J connectivity index is 1.80. The van der Waals surface area contributed by atoms with Gasteiger partial charge >= 0.3 is 6.09 Å². The fraction of sp³-hybridized carbons (Fsp3) is 0.462. The molecule has 5 heteroatoms. The smallest absolute Gasteiger partial charge is 0.412 e. The van der Waals surface area contributed by atoms with E-state index in [1.54, 1.807) is 0 Å². The average Bonchev–Trinajstić information content (AvgIpc) is 2.98. The number of hydrogen-bond acceptors (Lipinski definition) is 3. The second kappa shape index (κ2) is 7.70. The van der Waals surface area contributed by atoms with Crippen molar-refractivity contribution >= 4 is 22.8 Å². The van der Waals surface area contributed by atoms with Crippen LogP contribution in [0.15, 0.2) is 24.3 Å². The van der Waals surface area contributed by atoms with Crippen LogP contribution in [-0.2, 0) is 4.74 Å². The molecule has 164 valence electrons. The number of benzene rings is 2. The van der Waals surface area contributed by atoms with Crippen LogP contribution in [0.25, 0.3) is 22.4 Å². The molecule has 3 aromatic rings. The van der Waals surface area contributed by atoms with E-state index in [4.69, 9.17) is 9.72 Å². The van der Waals surface area contributed by atoms with E-state index < -0.39 is 11.7 Å². The van der Waals surface area contributed by atoms with Gasteiger partial charge in [-0.1, -0.05) is 0 Å². The standard InChI is InChI=1S/C26H33N3O2/c1-15-13-21(18(4)17(3)16(15)2)24-28-22-14-19(27-25(30)31-26(5,6)7)11-12-23(22)29(24)20-9-8-10-20/h11-14,20H,8-10H2,1-7H3,(H,27,30). The fourth-order valence-corrected chi connectivity index (χ4v) is 4.25. The molecule has 5 nitrogen and oxygen atoms in total. The van der Waals surface area contributed by atoms with Gasteiger partial charge in [-0.2, -0.15) is 0 Å². The Hall–Kier alpha value is -2.82. The summed E-state index contributed by atoms with van der Waals surface area (Å²) < 4.78 is 7.80. The fourth-order valence-electron chi connectivity index (χ4n) is 4.25. The maximum absolute atomic E-state index is 12.2. The number of hydrogen-bond donors (Lipinski definition) is 1. The second-order valence-electron chi connectivity index (χ2n) is 9.84. The molecule has 1 N–H and O–H groups in total. The molecule has 0 radical (unpaired) electrons. The third-order valence-electron chi connectivity index (χ3n) is 6.50. The summed E-state index contributed by atoms with van der Waals surface area (Å²) in [7, 11) is 0. The number of imidazole rings is 1. The van der Waals surface area contributed by atoms with Crippen LogP contribution in [0.5, 0.6) is 0 Å². The number of carbonyl (C=O) groups excluding carboxylic acids is 1. The molecule has 0 saturated heterocycles. The van der Waals surface area contributed by atoms with Crippen LogP contribution < -0.4 is 5.32 Å². The molecule has 4 rings (SSSR count). The number of amides is 1. The summed E-state index contributed by atoms with van der Waals surface area (Å²) in [6, 6.07) is 8.70. The summed E-state index contributed by atoms with van der Waals surface area (Å²) in [5.74, 6) is 1.03. The molecule has 1 saturated carbocycles. The van der Waals surface area contributed by atoms with Gasteiger partial charge in [0.2, 0.25) is 0 Å². The maximum atomic E-state index is 12.2. The molecule has 0 bridgehead atoms. The molecule has 0 atom stereocenters. The Morgan fingerprint density at radius 2 is 1.77 bits per heavy atom. The summed E-state index contributed by atoms with van der Waals surface area (Å²) in [6.45, 7) is 14.3. The van der Waals surface area contributed by atoms with Gasteiger partial charge in [0.25, 0.3) is 0 Å². The highest BCUT2D eigenvalue weighted by Gasteiger charge is 2.27. The van der Waals surface area contributed by atoms with Gasteiger partial charge in [0.15, 0.2) is 0 Å². The summed E-state index contributed by atoms with van der Waals surface area (Å²) in [5.41, 5.74) is 8.61. The number of rotatable bonds is 3. The number of aryl methyl sites for hydroxylation is 1. The predicted molar refractivity (Wildman–Crippen MR) is 127 cm³/mol. The Bertz CT molecular complexity index is 1160. The normalized spacial score (nSPS) is 14.5. The van der Waals surface area contributed by atoms with Crippen molar-refractivity contribution in [3.63, 3.8) is 0 Å². The van der Waals surface area contributed by atoms with Gasteiger partial charge in [0, 0.05) is 17.3 Å². The lowest BCUT2D eigenvalue weighted by Gasteiger charge is -2.30. The number of fused-ring (bicyclic) bond motifs is 1. The molecule has 0 aliphatic heterocycles. The minimum Gasteiger partial charge on any atom is -0.444 e. The summed E-state index contributed by atoms with van der Waals surface area (Å²) in [6.07, 6.45) is 3.16. The third kappa shape index (κ3) is 4.06. The van der Waals surface area contributed by atoms with E-state index in [1.165, 1.54) is 47.1 Å².